The van der Waals surface area contributed by atoms with Gasteiger partial charge < -0.3 is 20.3 Å². The monoisotopic (exact) mass is 265 g/mol. The van der Waals surface area contributed by atoms with Gasteiger partial charge >= 0.3 is 0 Å². The van der Waals surface area contributed by atoms with Gasteiger partial charge in [-0.2, -0.15) is 0 Å². The highest BCUT2D eigenvalue weighted by Gasteiger charge is 2.08. The van der Waals surface area contributed by atoms with E-state index in [1.807, 2.05) is 38.4 Å². The van der Waals surface area contributed by atoms with Crippen molar-refractivity contribution in [3.63, 3.8) is 0 Å². The highest BCUT2D eigenvalue weighted by Crippen LogP contribution is 2.22. The minimum Gasteiger partial charge on any atom is -0.495 e. The molecule has 0 bridgehead atoms. The molecule has 1 atom stereocenters. The number of hydrogen-bond acceptors (Lipinski definition) is 4. The summed E-state index contributed by atoms with van der Waals surface area (Å²) < 4.78 is 5.18. The Morgan fingerprint density at radius 1 is 1.37 bits per heavy atom. The molecule has 0 aliphatic carbocycles. The van der Waals surface area contributed by atoms with E-state index in [-0.39, 0.29) is 18.5 Å². The molecule has 0 fully saturated rings. The van der Waals surface area contributed by atoms with Gasteiger partial charge in [0.2, 0.25) is 5.91 Å². The fourth-order valence-corrected chi connectivity index (χ4v) is 1.82. The third-order valence-corrected chi connectivity index (χ3v) is 2.63. The van der Waals surface area contributed by atoms with E-state index < -0.39 is 0 Å². The summed E-state index contributed by atoms with van der Waals surface area (Å²) in [5.41, 5.74) is 0.692. The zero-order valence-corrected chi connectivity index (χ0v) is 12.1. The molecule has 1 unspecified atom stereocenters. The van der Waals surface area contributed by atoms with Crippen LogP contribution in [0.5, 0.6) is 5.75 Å². The zero-order valence-electron chi connectivity index (χ0n) is 12.1. The smallest absolute Gasteiger partial charge is 0.238 e. The molecule has 0 radical (unpaired) electrons. The standard InChI is InChI=1S/C14H23N3O2/c1-11(10-17(2)3)15-9-14(18)16-12-7-5-6-8-13(12)19-4/h5-8,11,15H,9-10H2,1-4H3,(H,16,18). The van der Waals surface area contributed by atoms with Crippen molar-refractivity contribution in [1.82, 2.24) is 10.2 Å². The summed E-state index contributed by atoms with van der Waals surface area (Å²) in [7, 11) is 5.60. The Labute approximate surface area is 114 Å². The summed E-state index contributed by atoms with van der Waals surface area (Å²) in [6, 6.07) is 7.63. The van der Waals surface area contributed by atoms with Crippen LogP contribution in [-0.4, -0.2) is 51.1 Å². The van der Waals surface area contributed by atoms with E-state index in [2.05, 4.69) is 22.5 Å². The van der Waals surface area contributed by atoms with Crippen LogP contribution in [-0.2, 0) is 4.79 Å². The van der Waals surface area contributed by atoms with Gasteiger partial charge in [-0.1, -0.05) is 12.1 Å². The van der Waals surface area contributed by atoms with Crippen molar-refractivity contribution in [2.45, 2.75) is 13.0 Å². The highest BCUT2D eigenvalue weighted by molar-refractivity contribution is 5.93. The summed E-state index contributed by atoms with van der Waals surface area (Å²) in [5.74, 6) is 0.590. The molecule has 1 amide bonds. The van der Waals surface area contributed by atoms with Crippen molar-refractivity contribution >= 4 is 11.6 Å². The number of ether oxygens (including phenoxy) is 1. The molecule has 0 aromatic heterocycles. The Bertz CT molecular complexity index is 407. The molecular weight excluding hydrogens is 242 g/mol. The molecule has 2 N–H and O–H groups in total. The molecule has 0 saturated carbocycles. The van der Waals surface area contributed by atoms with E-state index in [4.69, 9.17) is 4.74 Å². The molecule has 1 aromatic carbocycles. The van der Waals surface area contributed by atoms with Crippen molar-refractivity contribution in [3.05, 3.63) is 24.3 Å². The third-order valence-electron chi connectivity index (χ3n) is 2.63. The fourth-order valence-electron chi connectivity index (χ4n) is 1.82. The number of benzene rings is 1. The molecule has 0 spiro atoms. The number of carbonyl (C=O) groups excluding carboxylic acids is 1. The van der Waals surface area contributed by atoms with Gasteiger partial charge in [0, 0.05) is 12.6 Å². The highest BCUT2D eigenvalue weighted by atomic mass is 16.5. The normalized spacial score (nSPS) is 12.3. The van der Waals surface area contributed by atoms with Crippen LogP contribution in [0.1, 0.15) is 6.92 Å². The molecule has 1 rings (SSSR count). The first kappa shape index (κ1) is 15.5. The molecule has 106 valence electrons. The van der Waals surface area contributed by atoms with Crippen molar-refractivity contribution in [1.29, 1.82) is 0 Å². The second kappa shape index (κ2) is 7.76. The zero-order chi connectivity index (χ0) is 14.3. The van der Waals surface area contributed by atoms with Crippen LogP contribution in [0.3, 0.4) is 0 Å². The second-order valence-electron chi connectivity index (χ2n) is 4.79. The number of nitrogens with zero attached hydrogens (tertiary/aromatic N) is 1. The lowest BCUT2D eigenvalue weighted by Crippen LogP contribution is -2.40. The Morgan fingerprint density at radius 3 is 2.68 bits per heavy atom. The van der Waals surface area contributed by atoms with Gasteiger partial charge in [0.15, 0.2) is 0 Å². The van der Waals surface area contributed by atoms with Crippen LogP contribution in [0, 0.1) is 0 Å². The van der Waals surface area contributed by atoms with Crippen molar-refractivity contribution < 1.29 is 9.53 Å². The van der Waals surface area contributed by atoms with Gasteiger partial charge in [0.1, 0.15) is 5.75 Å². The van der Waals surface area contributed by atoms with Crippen LogP contribution in [0.4, 0.5) is 5.69 Å². The average Bonchev–Trinajstić information content (AvgIpc) is 2.36. The maximum absolute atomic E-state index is 11.8. The van der Waals surface area contributed by atoms with E-state index in [0.29, 0.717) is 11.4 Å². The lowest BCUT2D eigenvalue weighted by molar-refractivity contribution is -0.115. The summed E-state index contributed by atoms with van der Waals surface area (Å²) in [4.78, 5) is 13.9. The summed E-state index contributed by atoms with van der Waals surface area (Å²) in [5, 5.41) is 6.01. The topological polar surface area (TPSA) is 53.6 Å². The molecule has 0 saturated heterocycles. The lowest BCUT2D eigenvalue weighted by Gasteiger charge is -2.18. The average molecular weight is 265 g/mol. The van der Waals surface area contributed by atoms with Crippen molar-refractivity contribution in [2.75, 3.05) is 39.6 Å². The summed E-state index contributed by atoms with van der Waals surface area (Å²) >= 11 is 0. The first-order valence-corrected chi connectivity index (χ1v) is 6.34. The number of anilines is 1. The lowest BCUT2D eigenvalue weighted by atomic mass is 10.3. The quantitative estimate of drug-likeness (QED) is 0.777. The van der Waals surface area contributed by atoms with Gasteiger partial charge in [-0.05, 0) is 33.2 Å². The molecular formula is C14H23N3O2. The number of para-hydroxylation sites is 2. The molecule has 19 heavy (non-hydrogen) atoms. The van der Waals surface area contributed by atoms with E-state index in [0.717, 1.165) is 6.54 Å². The van der Waals surface area contributed by atoms with Gasteiger partial charge in [-0.3, -0.25) is 4.79 Å². The van der Waals surface area contributed by atoms with Crippen molar-refractivity contribution in [3.8, 4) is 5.75 Å². The SMILES string of the molecule is COc1ccccc1NC(=O)CNC(C)CN(C)C. The minimum absolute atomic E-state index is 0.0740. The largest absolute Gasteiger partial charge is 0.495 e. The minimum atomic E-state index is -0.0740. The van der Waals surface area contributed by atoms with Crippen molar-refractivity contribution in [2.24, 2.45) is 0 Å². The molecule has 5 heteroatoms. The van der Waals surface area contributed by atoms with Crippen LogP contribution >= 0.6 is 0 Å². The summed E-state index contributed by atoms with van der Waals surface area (Å²) in [6.45, 7) is 3.23. The van der Waals surface area contributed by atoms with Gasteiger partial charge in [-0.15, -0.1) is 0 Å². The second-order valence-corrected chi connectivity index (χ2v) is 4.79. The summed E-state index contributed by atoms with van der Waals surface area (Å²) in [6.07, 6.45) is 0. The number of amides is 1. The van der Waals surface area contributed by atoms with Crippen LogP contribution in [0.25, 0.3) is 0 Å². The van der Waals surface area contributed by atoms with E-state index in [1.54, 1.807) is 7.11 Å². The van der Waals surface area contributed by atoms with E-state index in [9.17, 15) is 4.79 Å². The number of likely N-dealkylation sites (N-methyl/N-ethyl adjacent to an activating group) is 1. The van der Waals surface area contributed by atoms with Crippen LogP contribution in [0.2, 0.25) is 0 Å². The van der Waals surface area contributed by atoms with E-state index >= 15 is 0 Å². The molecule has 1 aromatic rings. The number of methoxy groups -OCH3 is 1. The Balaban J connectivity index is 2.43. The maximum atomic E-state index is 11.8. The third kappa shape index (κ3) is 5.72. The number of carbonyl (C=O) groups is 1. The Morgan fingerprint density at radius 2 is 2.05 bits per heavy atom. The fraction of sp³-hybridized carbons (Fsp3) is 0.500. The predicted octanol–water partition coefficient (Wildman–Crippen LogP) is 1.17. The predicted molar refractivity (Wildman–Crippen MR) is 77.6 cm³/mol. The molecule has 0 aliphatic heterocycles. The van der Waals surface area contributed by atoms with E-state index in [1.165, 1.54) is 0 Å². The first-order valence-electron chi connectivity index (χ1n) is 6.34. The van der Waals surface area contributed by atoms with Gasteiger partial charge in [0.25, 0.3) is 0 Å². The molecule has 0 aliphatic rings. The first-order chi connectivity index (χ1) is 9.02. The maximum Gasteiger partial charge on any atom is 0.238 e. The number of nitrogens with one attached hydrogen (secondary N) is 2. The van der Waals surface area contributed by atoms with Crippen LogP contribution < -0.4 is 15.4 Å². The Kier molecular flexibility index (Phi) is 6.32. The number of hydrogen-bond donors (Lipinski definition) is 2. The van der Waals surface area contributed by atoms with Crippen LogP contribution in [0.15, 0.2) is 24.3 Å². The number of rotatable bonds is 7. The van der Waals surface area contributed by atoms with Gasteiger partial charge in [-0.25, -0.2) is 0 Å². The van der Waals surface area contributed by atoms with Gasteiger partial charge in [0.05, 0.1) is 19.3 Å². The molecule has 0 heterocycles. The molecule has 5 nitrogen and oxygen atoms in total. The Hall–Kier alpha value is -1.59.